The molecule has 0 aliphatic heterocycles. The third kappa shape index (κ3) is 9.86. The molecule has 0 spiro atoms. The first-order chi connectivity index (χ1) is 19.5. The Morgan fingerprint density at radius 1 is 0.902 bits per heavy atom. The number of carbonyl (C=O) groups is 2. The number of ether oxygens (including phenoxy) is 1. The Balaban J connectivity index is 1.16. The van der Waals surface area contributed by atoms with Gasteiger partial charge in [0.1, 0.15) is 10.8 Å². The fourth-order valence-electron chi connectivity index (χ4n) is 3.82. The minimum absolute atomic E-state index is 0.152. The van der Waals surface area contributed by atoms with Crippen molar-refractivity contribution in [2.45, 2.75) is 58.7 Å². The van der Waals surface area contributed by atoms with Crippen LogP contribution in [0.5, 0.6) is 5.75 Å². The van der Waals surface area contributed by atoms with Gasteiger partial charge in [0.05, 0.1) is 29.2 Å². The number of unbranched alkanes of at least 4 members (excludes halogenated alkanes) is 1. The van der Waals surface area contributed by atoms with Crippen molar-refractivity contribution in [1.82, 2.24) is 25.4 Å². The molecule has 2 N–H and O–H groups in total. The SMILES string of the molecule is Cc1nc(CC(=O)Nc2nnc(CCCCc3ccc(NC(=O)Cc4cccc(OC(F)(F)F)c4)nn3)s2)c(C)s1. The van der Waals surface area contributed by atoms with Gasteiger partial charge in [0, 0.05) is 11.3 Å². The molecule has 4 aromatic rings. The van der Waals surface area contributed by atoms with E-state index in [2.05, 4.69) is 40.7 Å². The second kappa shape index (κ2) is 13.6. The second-order valence-corrected chi connectivity index (χ2v) is 11.5. The minimum Gasteiger partial charge on any atom is -0.406 e. The molecule has 0 aliphatic carbocycles. The van der Waals surface area contributed by atoms with Crippen molar-refractivity contribution in [2.75, 3.05) is 10.6 Å². The highest BCUT2D eigenvalue weighted by Crippen LogP contribution is 2.24. The lowest BCUT2D eigenvalue weighted by atomic mass is 10.1. The summed E-state index contributed by atoms with van der Waals surface area (Å²) in [7, 11) is 0. The number of nitrogens with one attached hydrogen (secondary N) is 2. The maximum atomic E-state index is 12.4. The molecule has 1 aromatic carbocycles. The van der Waals surface area contributed by atoms with Crippen LogP contribution in [0.4, 0.5) is 24.1 Å². The fourth-order valence-corrected chi connectivity index (χ4v) is 5.46. The summed E-state index contributed by atoms with van der Waals surface area (Å²) in [5, 5.41) is 23.9. The van der Waals surface area contributed by atoms with Gasteiger partial charge in [0.25, 0.3) is 0 Å². The predicted octanol–water partition coefficient (Wildman–Crippen LogP) is 5.23. The third-order valence-electron chi connectivity index (χ3n) is 5.60. The first-order valence-corrected chi connectivity index (χ1v) is 14.2. The molecule has 3 heterocycles. The van der Waals surface area contributed by atoms with Crippen LogP contribution in [-0.4, -0.2) is 43.6 Å². The highest BCUT2D eigenvalue weighted by atomic mass is 32.1. The first-order valence-electron chi connectivity index (χ1n) is 12.5. The number of alkyl halides is 3. The number of anilines is 2. The fraction of sp³-hybridized carbons (Fsp3) is 0.346. The average Bonchev–Trinajstić information content (AvgIpc) is 3.46. The van der Waals surface area contributed by atoms with Gasteiger partial charge in [-0.05, 0) is 62.9 Å². The lowest BCUT2D eigenvalue weighted by Gasteiger charge is -2.10. The molecule has 15 heteroatoms. The number of hydrogen-bond donors (Lipinski definition) is 2. The molecule has 0 radical (unpaired) electrons. The summed E-state index contributed by atoms with van der Waals surface area (Å²) >= 11 is 2.91. The zero-order valence-corrected chi connectivity index (χ0v) is 23.8. The molecule has 41 heavy (non-hydrogen) atoms. The zero-order valence-electron chi connectivity index (χ0n) is 22.1. The number of thiazole rings is 1. The van der Waals surface area contributed by atoms with E-state index in [0.29, 0.717) is 23.5 Å². The number of nitrogens with zero attached hydrogens (tertiary/aromatic N) is 5. The maximum absolute atomic E-state index is 12.4. The van der Waals surface area contributed by atoms with Crippen molar-refractivity contribution in [2.24, 2.45) is 0 Å². The molecule has 3 aromatic heterocycles. The Morgan fingerprint density at radius 2 is 1.68 bits per heavy atom. The van der Waals surface area contributed by atoms with Crippen LogP contribution in [0, 0.1) is 13.8 Å². The topological polar surface area (TPSA) is 132 Å². The molecule has 0 saturated heterocycles. The van der Waals surface area contributed by atoms with Crippen LogP contribution in [0.3, 0.4) is 0 Å². The molecule has 0 fully saturated rings. The summed E-state index contributed by atoms with van der Waals surface area (Å²) in [6.07, 6.45) is -1.74. The van der Waals surface area contributed by atoms with E-state index in [-0.39, 0.29) is 24.6 Å². The molecule has 0 bridgehead atoms. The summed E-state index contributed by atoms with van der Waals surface area (Å²) in [5.41, 5.74) is 1.88. The van der Waals surface area contributed by atoms with Crippen molar-refractivity contribution in [3.63, 3.8) is 0 Å². The number of hydrogen-bond acceptors (Lipinski definition) is 10. The molecule has 0 saturated carbocycles. The van der Waals surface area contributed by atoms with Crippen molar-refractivity contribution in [3.05, 3.63) is 68.2 Å². The van der Waals surface area contributed by atoms with E-state index in [9.17, 15) is 22.8 Å². The smallest absolute Gasteiger partial charge is 0.406 e. The van der Waals surface area contributed by atoms with Gasteiger partial charge in [-0.3, -0.25) is 9.59 Å². The normalized spacial score (nSPS) is 11.3. The van der Waals surface area contributed by atoms with Crippen LogP contribution >= 0.6 is 22.7 Å². The standard InChI is InChI=1S/C26H26F3N7O3S2/c1-15-20(30-16(2)40-15)14-23(38)32-25-36-35-24(41-25)9-4-3-7-18-10-11-21(34-33-18)31-22(37)13-17-6-5-8-19(12-17)39-26(27,28)29/h5-6,8,10-12H,3-4,7,9,13-14H2,1-2H3,(H,31,34,37)(H,32,36,38). The Bertz CT molecular complexity index is 1490. The van der Waals surface area contributed by atoms with E-state index in [4.69, 9.17) is 0 Å². The molecule has 216 valence electrons. The molecule has 4 rings (SSSR count). The van der Waals surface area contributed by atoms with Gasteiger partial charge < -0.3 is 15.4 Å². The van der Waals surface area contributed by atoms with E-state index in [1.165, 1.54) is 23.5 Å². The predicted molar refractivity (Wildman–Crippen MR) is 148 cm³/mol. The van der Waals surface area contributed by atoms with Gasteiger partial charge in [0.2, 0.25) is 16.9 Å². The number of halogens is 3. The Labute approximate surface area is 241 Å². The lowest BCUT2D eigenvalue weighted by Crippen LogP contribution is -2.18. The number of aryl methyl sites for hydroxylation is 4. The van der Waals surface area contributed by atoms with E-state index in [1.807, 2.05) is 13.8 Å². The molecule has 0 unspecified atom stereocenters. The van der Waals surface area contributed by atoms with Crippen LogP contribution in [0.1, 0.15) is 44.7 Å². The molecular weight excluding hydrogens is 579 g/mol. The molecule has 0 aliphatic rings. The number of amides is 2. The van der Waals surface area contributed by atoms with Gasteiger partial charge in [-0.25, -0.2) is 4.98 Å². The van der Waals surface area contributed by atoms with Crippen LogP contribution in [0.15, 0.2) is 36.4 Å². The molecule has 0 atom stereocenters. The van der Waals surface area contributed by atoms with Crippen LogP contribution in [-0.2, 0) is 35.3 Å². The van der Waals surface area contributed by atoms with Crippen molar-refractivity contribution >= 4 is 45.4 Å². The van der Waals surface area contributed by atoms with Gasteiger partial charge >= 0.3 is 6.36 Å². The summed E-state index contributed by atoms with van der Waals surface area (Å²) in [4.78, 5) is 30.0. The van der Waals surface area contributed by atoms with Crippen LogP contribution < -0.4 is 15.4 Å². The first kappa shape index (κ1) is 30.0. The molecular formula is C26H26F3N7O3S2. The van der Waals surface area contributed by atoms with Gasteiger partial charge in [-0.15, -0.1) is 39.8 Å². The molecule has 2 amide bonds. The maximum Gasteiger partial charge on any atom is 0.573 e. The molecule has 10 nitrogen and oxygen atoms in total. The van der Waals surface area contributed by atoms with Gasteiger partial charge in [-0.2, -0.15) is 5.10 Å². The quantitative estimate of drug-likeness (QED) is 0.210. The third-order valence-corrected chi connectivity index (χ3v) is 7.43. The van der Waals surface area contributed by atoms with Crippen LogP contribution in [0.25, 0.3) is 0 Å². The second-order valence-electron chi connectivity index (χ2n) is 9.00. The van der Waals surface area contributed by atoms with Gasteiger partial charge in [0.15, 0.2) is 5.82 Å². The summed E-state index contributed by atoms with van der Waals surface area (Å²) in [5.74, 6) is -0.774. The number of rotatable bonds is 12. The van der Waals surface area contributed by atoms with Crippen molar-refractivity contribution in [3.8, 4) is 5.75 Å². The minimum atomic E-state index is -4.81. The Hall–Kier alpha value is -3.98. The largest absolute Gasteiger partial charge is 0.573 e. The highest BCUT2D eigenvalue weighted by Gasteiger charge is 2.31. The van der Waals surface area contributed by atoms with Crippen LogP contribution in [0.2, 0.25) is 0 Å². The van der Waals surface area contributed by atoms with Crippen molar-refractivity contribution in [1.29, 1.82) is 0 Å². The zero-order chi connectivity index (χ0) is 29.4. The van der Waals surface area contributed by atoms with Gasteiger partial charge in [-0.1, -0.05) is 23.5 Å². The summed E-state index contributed by atoms with van der Waals surface area (Å²) < 4.78 is 41.1. The number of aromatic nitrogens is 5. The monoisotopic (exact) mass is 605 g/mol. The Morgan fingerprint density at radius 3 is 2.39 bits per heavy atom. The number of carbonyl (C=O) groups excluding carboxylic acids is 2. The Kier molecular flexibility index (Phi) is 9.94. The van der Waals surface area contributed by atoms with Crippen molar-refractivity contribution < 1.29 is 27.5 Å². The summed E-state index contributed by atoms with van der Waals surface area (Å²) in [6, 6.07) is 8.61. The highest BCUT2D eigenvalue weighted by molar-refractivity contribution is 7.15. The van der Waals surface area contributed by atoms with E-state index in [0.717, 1.165) is 51.3 Å². The van der Waals surface area contributed by atoms with E-state index in [1.54, 1.807) is 23.5 Å². The van der Waals surface area contributed by atoms with E-state index < -0.39 is 18.0 Å². The average molecular weight is 606 g/mol. The number of benzene rings is 1. The lowest BCUT2D eigenvalue weighted by molar-refractivity contribution is -0.274. The van der Waals surface area contributed by atoms with E-state index >= 15 is 0 Å². The summed E-state index contributed by atoms with van der Waals surface area (Å²) in [6.45, 7) is 3.86.